The molecule has 2 atom stereocenters. The van der Waals surface area contributed by atoms with Crippen molar-refractivity contribution in [2.45, 2.75) is 31.6 Å². The minimum absolute atomic E-state index is 0.178. The number of thioether (sulfide) groups is 1. The molecule has 0 radical (unpaired) electrons. The molecule has 0 aromatic carbocycles. The Bertz CT molecular complexity index is 413. The molecule has 1 amide bonds. The largest absolute Gasteiger partial charge is 0.353 e. The lowest BCUT2D eigenvalue weighted by Crippen LogP contribution is -2.48. The Morgan fingerprint density at radius 1 is 1.55 bits per heavy atom. The van der Waals surface area contributed by atoms with Crippen LogP contribution in [0.2, 0.25) is 0 Å². The van der Waals surface area contributed by atoms with Gasteiger partial charge in [0, 0.05) is 30.2 Å². The monoisotopic (exact) mass is 293 g/mol. The number of hydrogen-bond donors (Lipinski definition) is 2. The zero-order valence-corrected chi connectivity index (χ0v) is 12.8. The molecular weight excluding hydrogens is 270 g/mol. The molecule has 20 heavy (non-hydrogen) atoms. The van der Waals surface area contributed by atoms with Gasteiger partial charge in [-0.05, 0) is 37.6 Å². The average Bonchev–Trinajstić information content (AvgIpc) is 2.47. The first kappa shape index (κ1) is 15.3. The van der Waals surface area contributed by atoms with Gasteiger partial charge < -0.3 is 10.6 Å². The van der Waals surface area contributed by atoms with Crippen LogP contribution in [0, 0.1) is 5.92 Å². The molecule has 1 saturated heterocycles. The van der Waals surface area contributed by atoms with Gasteiger partial charge in [-0.1, -0.05) is 13.0 Å². The summed E-state index contributed by atoms with van der Waals surface area (Å²) >= 11 is 1.76. The summed E-state index contributed by atoms with van der Waals surface area (Å²) < 4.78 is 0. The summed E-state index contributed by atoms with van der Waals surface area (Å²) in [6.45, 7) is 4.19. The highest BCUT2D eigenvalue weighted by atomic mass is 32.2. The number of carbonyl (C=O) groups is 1. The van der Waals surface area contributed by atoms with E-state index in [0.29, 0.717) is 18.4 Å². The van der Waals surface area contributed by atoms with Crippen molar-refractivity contribution in [2.75, 3.05) is 18.8 Å². The Labute approximate surface area is 125 Å². The van der Waals surface area contributed by atoms with Gasteiger partial charge in [0.25, 0.3) is 0 Å². The number of amides is 1. The minimum atomic E-state index is 0.178. The second-order valence-electron chi connectivity index (χ2n) is 5.27. The van der Waals surface area contributed by atoms with Crippen molar-refractivity contribution >= 4 is 17.7 Å². The Hall–Kier alpha value is -1.07. The van der Waals surface area contributed by atoms with Crippen LogP contribution in [0.25, 0.3) is 0 Å². The maximum absolute atomic E-state index is 11.9. The zero-order valence-electron chi connectivity index (χ0n) is 12.0. The number of nitrogens with zero attached hydrogens (tertiary/aromatic N) is 1. The quantitative estimate of drug-likeness (QED) is 0.786. The van der Waals surface area contributed by atoms with Crippen molar-refractivity contribution in [2.24, 2.45) is 5.92 Å². The SMILES string of the molecule is CC1CNCCC1NC(=O)CCSCc1ccccn1. The fourth-order valence-corrected chi connectivity index (χ4v) is 3.19. The molecule has 0 spiro atoms. The third-order valence-corrected chi connectivity index (χ3v) is 4.57. The number of pyridine rings is 1. The zero-order chi connectivity index (χ0) is 14.2. The van der Waals surface area contributed by atoms with E-state index in [9.17, 15) is 4.79 Å². The summed E-state index contributed by atoms with van der Waals surface area (Å²) in [4.78, 5) is 16.2. The molecule has 5 heteroatoms. The van der Waals surface area contributed by atoms with Gasteiger partial charge in [-0.25, -0.2) is 0 Å². The first-order chi connectivity index (χ1) is 9.75. The van der Waals surface area contributed by atoms with Crippen molar-refractivity contribution in [3.05, 3.63) is 30.1 Å². The standard InChI is InChI=1S/C15H23N3OS/c1-12-10-16-8-5-14(12)18-15(19)6-9-20-11-13-4-2-3-7-17-13/h2-4,7,12,14,16H,5-6,8-11H2,1H3,(H,18,19). The van der Waals surface area contributed by atoms with Crippen LogP contribution in [0.1, 0.15) is 25.5 Å². The Morgan fingerprint density at radius 3 is 3.20 bits per heavy atom. The van der Waals surface area contributed by atoms with Crippen molar-refractivity contribution in [1.82, 2.24) is 15.6 Å². The first-order valence-corrected chi connectivity index (χ1v) is 8.39. The van der Waals surface area contributed by atoms with Crippen molar-refractivity contribution in [3.63, 3.8) is 0 Å². The molecule has 2 heterocycles. The van der Waals surface area contributed by atoms with Crippen LogP contribution in [0.4, 0.5) is 0 Å². The lowest BCUT2D eigenvalue weighted by molar-refractivity contribution is -0.121. The van der Waals surface area contributed by atoms with E-state index in [1.54, 1.807) is 18.0 Å². The second kappa shape index (κ2) is 8.27. The fraction of sp³-hybridized carbons (Fsp3) is 0.600. The molecular formula is C15H23N3OS. The van der Waals surface area contributed by atoms with E-state index in [-0.39, 0.29) is 5.91 Å². The summed E-state index contributed by atoms with van der Waals surface area (Å²) in [6, 6.07) is 6.27. The van der Waals surface area contributed by atoms with Gasteiger partial charge in [-0.2, -0.15) is 11.8 Å². The molecule has 1 aliphatic rings. The van der Waals surface area contributed by atoms with Crippen molar-refractivity contribution in [3.8, 4) is 0 Å². The third-order valence-electron chi connectivity index (χ3n) is 3.58. The number of aromatic nitrogens is 1. The van der Waals surface area contributed by atoms with Crippen LogP contribution < -0.4 is 10.6 Å². The van der Waals surface area contributed by atoms with Crippen LogP contribution in [0.5, 0.6) is 0 Å². The van der Waals surface area contributed by atoms with Gasteiger partial charge in [-0.3, -0.25) is 9.78 Å². The summed E-state index contributed by atoms with van der Waals surface area (Å²) in [5, 5.41) is 6.51. The molecule has 110 valence electrons. The van der Waals surface area contributed by atoms with E-state index in [1.807, 2.05) is 18.2 Å². The normalized spacial score (nSPS) is 22.4. The summed E-state index contributed by atoms with van der Waals surface area (Å²) in [5.41, 5.74) is 1.07. The predicted molar refractivity (Wildman–Crippen MR) is 83.6 cm³/mol. The van der Waals surface area contributed by atoms with E-state index in [2.05, 4.69) is 22.5 Å². The van der Waals surface area contributed by atoms with E-state index in [0.717, 1.165) is 36.7 Å². The highest BCUT2D eigenvalue weighted by molar-refractivity contribution is 7.98. The van der Waals surface area contributed by atoms with Gasteiger partial charge in [0.05, 0.1) is 5.69 Å². The molecule has 1 aromatic heterocycles. The molecule has 1 aliphatic heterocycles. The molecule has 1 fully saturated rings. The predicted octanol–water partition coefficient (Wildman–Crippen LogP) is 1.82. The summed E-state index contributed by atoms with van der Waals surface area (Å²) in [7, 11) is 0. The molecule has 0 saturated carbocycles. The van der Waals surface area contributed by atoms with Crippen LogP contribution in [-0.4, -0.2) is 35.8 Å². The van der Waals surface area contributed by atoms with Crippen LogP contribution in [-0.2, 0) is 10.5 Å². The molecule has 1 aromatic rings. The second-order valence-corrected chi connectivity index (χ2v) is 6.37. The summed E-state index contributed by atoms with van der Waals surface area (Å²) in [5.74, 6) is 2.42. The Kier molecular flexibility index (Phi) is 6.33. The molecule has 2 unspecified atom stereocenters. The number of nitrogens with one attached hydrogen (secondary N) is 2. The average molecular weight is 293 g/mol. The van der Waals surface area contributed by atoms with Gasteiger partial charge in [0.1, 0.15) is 0 Å². The van der Waals surface area contributed by atoms with Crippen LogP contribution in [0.3, 0.4) is 0 Å². The van der Waals surface area contributed by atoms with Gasteiger partial charge in [-0.15, -0.1) is 0 Å². The molecule has 0 bridgehead atoms. The van der Waals surface area contributed by atoms with E-state index < -0.39 is 0 Å². The topological polar surface area (TPSA) is 54.0 Å². The maximum Gasteiger partial charge on any atom is 0.221 e. The van der Waals surface area contributed by atoms with Crippen molar-refractivity contribution < 1.29 is 4.79 Å². The lowest BCUT2D eigenvalue weighted by atomic mass is 9.95. The first-order valence-electron chi connectivity index (χ1n) is 7.23. The highest BCUT2D eigenvalue weighted by Crippen LogP contribution is 2.13. The molecule has 4 nitrogen and oxygen atoms in total. The van der Waals surface area contributed by atoms with Gasteiger partial charge in [0.2, 0.25) is 5.91 Å². The fourth-order valence-electron chi connectivity index (χ4n) is 2.33. The van der Waals surface area contributed by atoms with E-state index in [1.165, 1.54) is 0 Å². The summed E-state index contributed by atoms with van der Waals surface area (Å²) in [6.07, 6.45) is 3.43. The number of piperidine rings is 1. The van der Waals surface area contributed by atoms with E-state index in [4.69, 9.17) is 0 Å². The lowest BCUT2D eigenvalue weighted by Gasteiger charge is -2.30. The molecule has 2 rings (SSSR count). The number of hydrogen-bond acceptors (Lipinski definition) is 4. The third kappa shape index (κ3) is 5.13. The maximum atomic E-state index is 11.9. The van der Waals surface area contributed by atoms with Crippen LogP contribution in [0.15, 0.2) is 24.4 Å². The Morgan fingerprint density at radius 2 is 2.45 bits per heavy atom. The Balaban J connectivity index is 1.60. The molecule has 2 N–H and O–H groups in total. The highest BCUT2D eigenvalue weighted by Gasteiger charge is 2.22. The van der Waals surface area contributed by atoms with Gasteiger partial charge in [0.15, 0.2) is 0 Å². The van der Waals surface area contributed by atoms with Crippen LogP contribution >= 0.6 is 11.8 Å². The van der Waals surface area contributed by atoms with Gasteiger partial charge >= 0.3 is 0 Å². The minimum Gasteiger partial charge on any atom is -0.353 e. The number of rotatable bonds is 6. The van der Waals surface area contributed by atoms with Crippen molar-refractivity contribution in [1.29, 1.82) is 0 Å². The molecule has 0 aliphatic carbocycles. The number of carbonyl (C=O) groups excluding carboxylic acids is 1. The smallest absolute Gasteiger partial charge is 0.221 e. The van der Waals surface area contributed by atoms with E-state index >= 15 is 0 Å².